The van der Waals surface area contributed by atoms with Crippen molar-refractivity contribution < 1.29 is 26.0 Å². The molecular formula is C19H23FN2O5S2. The third kappa shape index (κ3) is 4.54. The molecule has 1 N–H and O–H groups in total. The molecule has 158 valence electrons. The van der Waals surface area contributed by atoms with Crippen LogP contribution in [0.15, 0.2) is 46.2 Å². The summed E-state index contributed by atoms with van der Waals surface area (Å²) in [6, 6.07) is 7.48. The molecule has 0 spiro atoms. The summed E-state index contributed by atoms with van der Waals surface area (Å²) in [6.45, 7) is 4.32. The molecule has 2 aromatic rings. The molecule has 0 aromatic heterocycles. The number of anilines is 1. The Morgan fingerprint density at radius 1 is 1.03 bits per heavy atom. The third-order valence-corrected chi connectivity index (χ3v) is 8.07. The number of nitrogens with zero attached hydrogens (tertiary/aromatic N) is 1. The molecule has 0 saturated carbocycles. The molecule has 0 aliphatic carbocycles. The molecule has 29 heavy (non-hydrogen) atoms. The number of hydrogen-bond acceptors (Lipinski definition) is 5. The number of nitrogens with one attached hydrogen (secondary N) is 1. The molecule has 0 bridgehead atoms. The number of ether oxygens (including phenoxy) is 1. The molecule has 1 heterocycles. The minimum Gasteiger partial charge on any atom is -0.492 e. The van der Waals surface area contributed by atoms with E-state index in [1.165, 1.54) is 35.5 Å². The van der Waals surface area contributed by atoms with E-state index in [1.54, 1.807) is 6.92 Å². The molecule has 7 nitrogen and oxygen atoms in total. The zero-order valence-corrected chi connectivity index (χ0v) is 17.8. The summed E-state index contributed by atoms with van der Waals surface area (Å²) >= 11 is 0. The summed E-state index contributed by atoms with van der Waals surface area (Å²) in [6.07, 6.45) is 1.55. The van der Waals surface area contributed by atoms with E-state index in [4.69, 9.17) is 4.74 Å². The van der Waals surface area contributed by atoms with Gasteiger partial charge >= 0.3 is 0 Å². The van der Waals surface area contributed by atoms with Crippen LogP contribution in [-0.2, 0) is 20.0 Å². The maximum atomic E-state index is 13.3. The first-order chi connectivity index (χ1) is 13.6. The first-order valence-electron chi connectivity index (χ1n) is 9.21. The minimum absolute atomic E-state index is 0.0787. The molecular weight excluding hydrogens is 419 g/mol. The lowest BCUT2D eigenvalue weighted by Crippen LogP contribution is -2.28. The second-order valence-electron chi connectivity index (χ2n) is 6.72. The summed E-state index contributed by atoms with van der Waals surface area (Å²) in [5, 5.41) is 0. The van der Waals surface area contributed by atoms with Gasteiger partial charge in [-0.05, 0) is 68.7 Å². The predicted octanol–water partition coefficient (Wildman–Crippen LogP) is 3.12. The van der Waals surface area contributed by atoms with Gasteiger partial charge in [-0.1, -0.05) is 0 Å². The van der Waals surface area contributed by atoms with E-state index in [1.807, 2.05) is 0 Å². The Morgan fingerprint density at radius 2 is 1.72 bits per heavy atom. The summed E-state index contributed by atoms with van der Waals surface area (Å²) in [5.74, 6) is -0.373. The number of benzene rings is 2. The fourth-order valence-corrected chi connectivity index (χ4v) is 6.19. The van der Waals surface area contributed by atoms with Gasteiger partial charge in [-0.15, -0.1) is 0 Å². The van der Waals surface area contributed by atoms with Crippen molar-refractivity contribution >= 4 is 25.7 Å². The average Bonchev–Trinajstić information content (AvgIpc) is 3.18. The van der Waals surface area contributed by atoms with Gasteiger partial charge < -0.3 is 4.74 Å². The second-order valence-corrected chi connectivity index (χ2v) is 10.3. The van der Waals surface area contributed by atoms with Crippen LogP contribution in [-0.4, -0.2) is 40.8 Å². The summed E-state index contributed by atoms with van der Waals surface area (Å²) < 4.78 is 74.1. The van der Waals surface area contributed by atoms with Crippen molar-refractivity contribution in [3.05, 3.63) is 47.8 Å². The van der Waals surface area contributed by atoms with Gasteiger partial charge in [0.05, 0.1) is 17.2 Å². The Kier molecular flexibility index (Phi) is 6.16. The van der Waals surface area contributed by atoms with E-state index in [9.17, 15) is 21.2 Å². The zero-order valence-electron chi connectivity index (χ0n) is 16.2. The van der Waals surface area contributed by atoms with E-state index in [0.29, 0.717) is 13.1 Å². The molecule has 1 fully saturated rings. The molecule has 2 aromatic carbocycles. The maximum Gasteiger partial charge on any atom is 0.262 e. The topological polar surface area (TPSA) is 92.8 Å². The van der Waals surface area contributed by atoms with Crippen LogP contribution in [0.2, 0.25) is 0 Å². The SMILES string of the molecule is CCOc1ccc(NS(=O)(=O)c2ccc(F)cc2C)cc1S(=O)(=O)N1CCCC1. The van der Waals surface area contributed by atoms with E-state index >= 15 is 0 Å². The summed E-state index contributed by atoms with van der Waals surface area (Å²) in [4.78, 5) is -0.172. The van der Waals surface area contributed by atoms with Gasteiger partial charge in [0, 0.05) is 13.1 Å². The largest absolute Gasteiger partial charge is 0.492 e. The molecule has 3 rings (SSSR count). The first-order valence-corrected chi connectivity index (χ1v) is 12.1. The average molecular weight is 443 g/mol. The Bertz CT molecular complexity index is 1110. The monoisotopic (exact) mass is 442 g/mol. The minimum atomic E-state index is -4.03. The first kappa shape index (κ1) is 21.5. The van der Waals surface area contributed by atoms with Crippen LogP contribution in [0.3, 0.4) is 0 Å². The number of sulfonamides is 2. The predicted molar refractivity (Wildman–Crippen MR) is 108 cm³/mol. The molecule has 0 radical (unpaired) electrons. The zero-order chi connectivity index (χ0) is 21.2. The van der Waals surface area contributed by atoms with E-state index < -0.39 is 25.9 Å². The van der Waals surface area contributed by atoms with Crippen LogP contribution in [0.4, 0.5) is 10.1 Å². The van der Waals surface area contributed by atoms with Crippen molar-refractivity contribution in [3.63, 3.8) is 0 Å². The van der Waals surface area contributed by atoms with Gasteiger partial charge in [0.15, 0.2) is 0 Å². The van der Waals surface area contributed by atoms with Gasteiger partial charge in [0.1, 0.15) is 16.5 Å². The fraction of sp³-hybridized carbons (Fsp3) is 0.368. The van der Waals surface area contributed by atoms with E-state index in [2.05, 4.69) is 4.72 Å². The van der Waals surface area contributed by atoms with E-state index in [-0.39, 0.29) is 33.4 Å². The van der Waals surface area contributed by atoms with Crippen molar-refractivity contribution in [2.75, 3.05) is 24.4 Å². The van der Waals surface area contributed by atoms with Crippen molar-refractivity contribution in [1.29, 1.82) is 0 Å². The lowest BCUT2D eigenvalue weighted by atomic mass is 10.2. The Labute approximate surface area is 170 Å². The number of aryl methyl sites for hydroxylation is 1. The van der Waals surface area contributed by atoms with Gasteiger partial charge in [0.25, 0.3) is 10.0 Å². The molecule has 0 unspecified atom stereocenters. The molecule has 1 aliphatic rings. The van der Waals surface area contributed by atoms with E-state index in [0.717, 1.165) is 25.0 Å². The van der Waals surface area contributed by atoms with Crippen LogP contribution < -0.4 is 9.46 Å². The van der Waals surface area contributed by atoms with Crippen LogP contribution >= 0.6 is 0 Å². The summed E-state index contributed by atoms with van der Waals surface area (Å²) in [7, 11) is -7.86. The maximum absolute atomic E-state index is 13.3. The highest BCUT2D eigenvalue weighted by molar-refractivity contribution is 7.92. The fourth-order valence-electron chi connectivity index (χ4n) is 3.24. The van der Waals surface area contributed by atoms with Crippen molar-refractivity contribution in [2.45, 2.75) is 36.5 Å². The van der Waals surface area contributed by atoms with Gasteiger partial charge in [-0.25, -0.2) is 21.2 Å². The second kappa shape index (κ2) is 8.29. The van der Waals surface area contributed by atoms with Crippen LogP contribution in [0.25, 0.3) is 0 Å². The summed E-state index contributed by atoms with van der Waals surface area (Å²) in [5.41, 5.74) is 0.322. The molecule has 0 atom stereocenters. The van der Waals surface area contributed by atoms with Crippen molar-refractivity contribution in [1.82, 2.24) is 4.31 Å². The van der Waals surface area contributed by atoms with Gasteiger partial charge in [0.2, 0.25) is 10.0 Å². The Hall–Kier alpha value is -2.17. The highest BCUT2D eigenvalue weighted by atomic mass is 32.2. The highest BCUT2D eigenvalue weighted by Gasteiger charge is 2.31. The molecule has 0 amide bonds. The number of halogens is 1. The normalized spacial score (nSPS) is 15.4. The number of rotatable bonds is 7. The molecule has 1 saturated heterocycles. The highest BCUT2D eigenvalue weighted by Crippen LogP contribution is 2.32. The molecule has 1 aliphatic heterocycles. The van der Waals surface area contributed by atoms with Crippen LogP contribution in [0, 0.1) is 12.7 Å². The lowest BCUT2D eigenvalue weighted by Gasteiger charge is -2.19. The Balaban J connectivity index is 2.00. The van der Waals surface area contributed by atoms with Crippen molar-refractivity contribution in [3.8, 4) is 5.75 Å². The lowest BCUT2D eigenvalue weighted by molar-refractivity contribution is 0.330. The van der Waals surface area contributed by atoms with Crippen molar-refractivity contribution in [2.24, 2.45) is 0 Å². The van der Waals surface area contributed by atoms with Gasteiger partial charge in [-0.2, -0.15) is 4.31 Å². The van der Waals surface area contributed by atoms with Crippen LogP contribution in [0.5, 0.6) is 5.75 Å². The number of hydrogen-bond donors (Lipinski definition) is 1. The smallest absolute Gasteiger partial charge is 0.262 e. The molecule has 10 heteroatoms. The van der Waals surface area contributed by atoms with Crippen LogP contribution in [0.1, 0.15) is 25.3 Å². The van der Waals surface area contributed by atoms with Gasteiger partial charge in [-0.3, -0.25) is 4.72 Å². The quantitative estimate of drug-likeness (QED) is 0.711. The Morgan fingerprint density at radius 3 is 2.34 bits per heavy atom. The third-order valence-electron chi connectivity index (χ3n) is 4.61. The standard InChI is InChI=1S/C19H23FN2O5S2/c1-3-27-17-8-7-16(13-19(17)29(25,26)22-10-4-5-11-22)21-28(23,24)18-9-6-15(20)12-14(18)2/h6-9,12-13,21H,3-5,10-11H2,1-2H3.